The number of para-hydroxylation sites is 2. The molecular formula is C28H38N8O3. The fraction of sp³-hybridized carbons (Fsp3) is 0.571. The predicted molar refractivity (Wildman–Crippen MR) is 149 cm³/mol. The number of aliphatic hydroxyl groups excluding tert-OH is 1. The van der Waals surface area contributed by atoms with Crippen LogP contribution in [0.3, 0.4) is 0 Å². The molecule has 2 saturated heterocycles. The molecule has 0 spiro atoms. The quantitative estimate of drug-likeness (QED) is 0.385. The molecule has 2 aliphatic rings. The van der Waals surface area contributed by atoms with Gasteiger partial charge in [-0.1, -0.05) is 12.1 Å². The molecule has 2 N–H and O–H groups in total. The van der Waals surface area contributed by atoms with Crippen LogP contribution in [0.15, 0.2) is 24.3 Å². The van der Waals surface area contributed by atoms with Gasteiger partial charge in [-0.3, -0.25) is 9.47 Å². The highest BCUT2D eigenvalue weighted by atomic mass is 16.5. The molecule has 4 aromatic rings. The summed E-state index contributed by atoms with van der Waals surface area (Å²) in [4.78, 5) is 24.5. The van der Waals surface area contributed by atoms with Gasteiger partial charge in [0.2, 0.25) is 5.95 Å². The van der Waals surface area contributed by atoms with E-state index >= 15 is 0 Å². The number of nitrogens with zero attached hydrogens (tertiary/aromatic N) is 8. The van der Waals surface area contributed by atoms with Gasteiger partial charge in [0.1, 0.15) is 17.8 Å². The highest BCUT2D eigenvalue weighted by Gasteiger charge is 2.31. The van der Waals surface area contributed by atoms with Crippen LogP contribution in [0, 0.1) is 5.92 Å². The number of rotatable bonds is 6. The van der Waals surface area contributed by atoms with Crippen molar-refractivity contribution in [1.29, 1.82) is 0 Å². The molecule has 0 saturated carbocycles. The van der Waals surface area contributed by atoms with Gasteiger partial charge in [0.25, 0.3) is 0 Å². The summed E-state index contributed by atoms with van der Waals surface area (Å²) in [7, 11) is 2.01. The number of benzene rings is 1. The third-order valence-electron chi connectivity index (χ3n) is 8.20. The molecule has 3 aromatic heterocycles. The second kappa shape index (κ2) is 10.1. The molecule has 208 valence electrons. The summed E-state index contributed by atoms with van der Waals surface area (Å²) in [6, 6.07) is 7.80. The van der Waals surface area contributed by atoms with Gasteiger partial charge < -0.3 is 24.4 Å². The van der Waals surface area contributed by atoms with E-state index in [0.717, 1.165) is 72.9 Å². The van der Waals surface area contributed by atoms with Crippen LogP contribution in [0.25, 0.3) is 28.1 Å². The Labute approximate surface area is 228 Å². The summed E-state index contributed by atoms with van der Waals surface area (Å²) in [6.45, 7) is 10.8. The molecule has 1 aromatic carbocycles. The molecule has 0 unspecified atom stereocenters. The van der Waals surface area contributed by atoms with Crippen molar-refractivity contribution in [2.24, 2.45) is 13.0 Å². The van der Waals surface area contributed by atoms with Crippen molar-refractivity contribution in [2.75, 3.05) is 44.3 Å². The first kappa shape index (κ1) is 26.1. The van der Waals surface area contributed by atoms with Crippen LogP contribution < -0.4 is 4.90 Å². The van der Waals surface area contributed by atoms with E-state index in [1.807, 2.05) is 49.7 Å². The van der Waals surface area contributed by atoms with E-state index < -0.39 is 11.7 Å². The van der Waals surface area contributed by atoms with Crippen molar-refractivity contribution in [3.8, 4) is 5.95 Å². The van der Waals surface area contributed by atoms with Crippen LogP contribution in [0.4, 0.5) is 5.82 Å². The summed E-state index contributed by atoms with van der Waals surface area (Å²) < 4.78 is 9.54. The Morgan fingerprint density at radius 1 is 1.03 bits per heavy atom. The van der Waals surface area contributed by atoms with Gasteiger partial charge >= 0.3 is 0 Å². The maximum Gasteiger partial charge on any atom is 0.239 e. The smallest absolute Gasteiger partial charge is 0.239 e. The van der Waals surface area contributed by atoms with Crippen LogP contribution in [-0.4, -0.2) is 89.2 Å². The van der Waals surface area contributed by atoms with Crippen molar-refractivity contribution < 1.29 is 14.9 Å². The number of hydrogen-bond acceptors (Lipinski definition) is 9. The number of aromatic nitrogens is 6. The summed E-state index contributed by atoms with van der Waals surface area (Å²) >= 11 is 0. The molecule has 6 rings (SSSR count). The molecule has 39 heavy (non-hydrogen) atoms. The Bertz CT molecular complexity index is 1470. The van der Waals surface area contributed by atoms with Gasteiger partial charge in [0.05, 0.1) is 36.4 Å². The average molecular weight is 535 g/mol. The molecular weight excluding hydrogens is 496 g/mol. The summed E-state index contributed by atoms with van der Waals surface area (Å²) in [5, 5.41) is 21.1. The topological polar surface area (TPSA) is 118 Å². The Hall–Kier alpha value is -3.12. The van der Waals surface area contributed by atoms with Gasteiger partial charge in [-0.15, -0.1) is 0 Å². The highest BCUT2D eigenvalue weighted by molar-refractivity contribution is 5.86. The minimum atomic E-state index is -0.794. The fourth-order valence-electron chi connectivity index (χ4n) is 5.85. The number of morpholine rings is 1. The largest absolute Gasteiger partial charge is 0.390 e. The van der Waals surface area contributed by atoms with Crippen LogP contribution in [0.2, 0.25) is 0 Å². The van der Waals surface area contributed by atoms with Gasteiger partial charge in [0.15, 0.2) is 17.0 Å². The Balaban J connectivity index is 1.43. The molecule has 2 aliphatic heterocycles. The van der Waals surface area contributed by atoms with Gasteiger partial charge in [-0.2, -0.15) is 9.97 Å². The zero-order chi connectivity index (χ0) is 27.3. The number of likely N-dealkylation sites (tertiary alicyclic amines) is 1. The molecule has 0 aliphatic carbocycles. The molecule has 0 amide bonds. The minimum absolute atomic E-state index is 0.309. The summed E-state index contributed by atoms with van der Waals surface area (Å²) in [6.07, 6.45) is 1.14. The SMILES string of the molecule is C[C@@H](O)c1nc2ccccc2n1-c1nc(N2CCOCC2)c2nc(CN3CCC(C(C)(C)O)CC3)n(C)c2n1. The third-order valence-corrected chi connectivity index (χ3v) is 8.20. The lowest BCUT2D eigenvalue weighted by atomic mass is 9.83. The lowest BCUT2D eigenvalue weighted by Crippen LogP contribution is -2.41. The van der Waals surface area contributed by atoms with Crippen molar-refractivity contribution in [3.63, 3.8) is 0 Å². The molecule has 2 fully saturated rings. The number of aryl methyl sites for hydroxylation is 1. The minimum Gasteiger partial charge on any atom is -0.390 e. The van der Waals surface area contributed by atoms with Gasteiger partial charge in [-0.05, 0) is 64.8 Å². The molecule has 5 heterocycles. The first-order valence-corrected chi connectivity index (χ1v) is 13.9. The molecule has 1 atom stereocenters. The second-order valence-corrected chi connectivity index (χ2v) is 11.4. The van der Waals surface area contributed by atoms with E-state index in [1.165, 1.54) is 0 Å². The number of imidazole rings is 2. The van der Waals surface area contributed by atoms with Crippen LogP contribution in [-0.2, 0) is 18.3 Å². The van der Waals surface area contributed by atoms with E-state index in [2.05, 4.69) is 14.4 Å². The van der Waals surface area contributed by atoms with E-state index in [4.69, 9.17) is 24.7 Å². The lowest BCUT2D eigenvalue weighted by molar-refractivity contribution is -0.0139. The number of hydrogen-bond donors (Lipinski definition) is 2. The maximum atomic E-state index is 10.6. The first-order chi connectivity index (χ1) is 18.7. The van der Waals surface area contributed by atoms with E-state index in [-0.39, 0.29) is 0 Å². The molecule has 11 heteroatoms. The van der Waals surface area contributed by atoms with Crippen LogP contribution >= 0.6 is 0 Å². The second-order valence-electron chi connectivity index (χ2n) is 11.4. The number of fused-ring (bicyclic) bond motifs is 2. The normalized spacial score (nSPS) is 18.9. The standard InChI is InChI=1S/C28H38N8O3/c1-18(37)24-29-20-7-5-6-8-21(20)36(24)27-31-25-23(26(32-27)35-13-15-39-16-14-35)30-22(33(25)4)17-34-11-9-19(10-12-34)28(2,3)38/h5-8,18-19,37-38H,9-17H2,1-4H3/t18-/m1/s1. The predicted octanol–water partition coefficient (Wildman–Crippen LogP) is 2.58. The van der Waals surface area contributed by atoms with Crippen molar-refractivity contribution >= 4 is 28.0 Å². The Kier molecular flexibility index (Phi) is 6.78. The van der Waals surface area contributed by atoms with Crippen molar-refractivity contribution in [2.45, 2.75) is 51.9 Å². The maximum absolute atomic E-state index is 10.6. The molecule has 0 radical (unpaired) electrons. The van der Waals surface area contributed by atoms with Crippen LogP contribution in [0.5, 0.6) is 0 Å². The van der Waals surface area contributed by atoms with Crippen LogP contribution in [0.1, 0.15) is 51.4 Å². The van der Waals surface area contributed by atoms with Gasteiger partial charge in [-0.25, -0.2) is 9.97 Å². The monoisotopic (exact) mass is 534 g/mol. The van der Waals surface area contributed by atoms with Gasteiger partial charge in [0, 0.05) is 20.1 Å². The Morgan fingerprint density at radius 2 is 1.74 bits per heavy atom. The number of aliphatic hydroxyl groups is 2. The van der Waals surface area contributed by atoms with Crippen molar-refractivity contribution in [3.05, 3.63) is 35.9 Å². The number of piperidine rings is 1. The summed E-state index contributed by atoms with van der Waals surface area (Å²) in [5.74, 6) is 2.98. The molecule has 11 nitrogen and oxygen atoms in total. The fourth-order valence-corrected chi connectivity index (χ4v) is 5.85. The zero-order valence-corrected chi connectivity index (χ0v) is 23.2. The number of anilines is 1. The van der Waals surface area contributed by atoms with Crippen molar-refractivity contribution in [1.82, 2.24) is 34.0 Å². The Morgan fingerprint density at radius 3 is 2.44 bits per heavy atom. The van der Waals surface area contributed by atoms with E-state index in [9.17, 15) is 10.2 Å². The summed E-state index contributed by atoms with van der Waals surface area (Å²) in [5.41, 5.74) is 2.50. The highest BCUT2D eigenvalue weighted by Crippen LogP contribution is 2.31. The lowest BCUT2D eigenvalue weighted by Gasteiger charge is -2.37. The van der Waals surface area contributed by atoms with E-state index in [1.54, 1.807) is 6.92 Å². The number of ether oxygens (including phenoxy) is 1. The third kappa shape index (κ3) is 4.88. The average Bonchev–Trinajstić information content (AvgIpc) is 3.47. The zero-order valence-electron chi connectivity index (χ0n) is 23.2. The van der Waals surface area contributed by atoms with E-state index in [0.29, 0.717) is 37.4 Å². The molecule has 0 bridgehead atoms. The first-order valence-electron chi connectivity index (χ1n) is 13.9.